The van der Waals surface area contributed by atoms with Crippen molar-refractivity contribution in [2.75, 3.05) is 7.11 Å². The Hall–Kier alpha value is -1.77. The summed E-state index contributed by atoms with van der Waals surface area (Å²) in [5, 5.41) is 8.89. The number of carboxylic acid groups (broad SMARTS) is 1. The Morgan fingerprint density at radius 1 is 1.44 bits per heavy atom. The van der Waals surface area contributed by atoms with E-state index >= 15 is 0 Å². The number of hydrogen-bond acceptors (Lipinski definition) is 2. The number of benzene rings is 1. The molecule has 18 heavy (non-hydrogen) atoms. The molecule has 0 saturated heterocycles. The lowest BCUT2D eigenvalue weighted by Crippen LogP contribution is -2.05. The van der Waals surface area contributed by atoms with Gasteiger partial charge in [-0.2, -0.15) is 0 Å². The first-order valence-corrected chi connectivity index (χ1v) is 5.95. The Kier molecular flexibility index (Phi) is 4.54. The van der Waals surface area contributed by atoms with Gasteiger partial charge >= 0.3 is 5.97 Å². The molecule has 0 aliphatic heterocycles. The number of aliphatic carboxylic acids is 1. The summed E-state index contributed by atoms with van der Waals surface area (Å²) in [4.78, 5) is 10.8. The van der Waals surface area contributed by atoms with Gasteiger partial charge in [-0.15, -0.1) is 0 Å². The van der Waals surface area contributed by atoms with Gasteiger partial charge in [-0.1, -0.05) is 26.5 Å². The van der Waals surface area contributed by atoms with E-state index in [1.807, 2.05) is 19.1 Å². The van der Waals surface area contributed by atoms with Crippen LogP contribution in [-0.4, -0.2) is 18.2 Å². The first kappa shape index (κ1) is 14.3. The van der Waals surface area contributed by atoms with E-state index in [9.17, 15) is 4.79 Å². The van der Waals surface area contributed by atoms with Gasteiger partial charge in [-0.25, -0.2) is 4.79 Å². The van der Waals surface area contributed by atoms with Crippen molar-refractivity contribution in [1.29, 1.82) is 0 Å². The minimum atomic E-state index is -0.948. The molecule has 98 valence electrons. The second-order valence-electron chi connectivity index (χ2n) is 4.76. The van der Waals surface area contributed by atoms with Gasteiger partial charge in [0.15, 0.2) is 0 Å². The van der Waals surface area contributed by atoms with Crippen LogP contribution in [0.2, 0.25) is 0 Å². The predicted octanol–water partition coefficient (Wildman–Crippen LogP) is 3.31. The normalized spacial score (nSPS) is 10.5. The van der Waals surface area contributed by atoms with Crippen molar-refractivity contribution in [3.8, 4) is 5.75 Å². The monoisotopic (exact) mass is 248 g/mol. The average Bonchev–Trinajstić information content (AvgIpc) is 2.30. The average molecular weight is 248 g/mol. The highest BCUT2D eigenvalue weighted by molar-refractivity contribution is 5.86. The number of methoxy groups -OCH3 is 1. The van der Waals surface area contributed by atoms with Gasteiger partial charge in [-0.3, -0.25) is 0 Å². The molecule has 0 radical (unpaired) electrons. The zero-order chi connectivity index (χ0) is 13.9. The molecular weight excluding hydrogens is 228 g/mol. The second kappa shape index (κ2) is 5.71. The first-order valence-electron chi connectivity index (χ1n) is 5.95. The Balaban J connectivity index is 3.17. The minimum Gasteiger partial charge on any atom is -0.496 e. The van der Waals surface area contributed by atoms with E-state index in [0.29, 0.717) is 12.3 Å². The Morgan fingerprint density at radius 2 is 2.06 bits per heavy atom. The number of hydrogen-bond donors (Lipinski definition) is 1. The third-order valence-electron chi connectivity index (χ3n) is 3.02. The lowest BCUT2D eigenvalue weighted by molar-refractivity contribution is -0.132. The molecule has 0 saturated carbocycles. The first-order chi connectivity index (χ1) is 8.36. The van der Waals surface area contributed by atoms with Crippen LogP contribution in [0.5, 0.6) is 5.75 Å². The topological polar surface area (TPSA) is 46.5 Å². The molecule has 1 N–H and O–H groups in total. The Bertz CT molecular complexity index is 473. The number of rotatable bonds is 5. The number of carboxylic acids is 1. The van der Waals surface area contributed by atoms with E-state index in [-0.39, 0.29) is 5.57 Å². The molecule has 0 heterocycles. The van der Waals surface area contributed by atoms with Crippen molar-refractivity contribution in [1.82, 2.24) is 0 Å². The molecule has 0 aromatic heterocycles. The van der Waals surface area contributed by atoms with E-state index in [2.05, 4.69) is 20.4 Å². The maximum Gasteiger partial charge on any atom is 0.331 e. The van der Waals surface area contributed by atoms with Crippen molar-refractivity contribution in [2.24, 2.45) is 0 Å². The zero-order valence-electron chi connectivity index (χ0n) is 11.4. The fraction of sp³-hybridized carbons (Fsp3) is 0.400. The molecule has 1 aromatic rings. The molecule has 0 aliphatic rings. The summed E-state index contributed by atoms with van der Waals surface area (Å²) in [5.41, 5.74) is 3.32. The lowest BCUT2D eigenvalue weighted by Gasteiger charge is -2.16. The SMILES string of the molecule is C=C(Cc1cc(C(C)C)c(OC)cc1C)C(=O)O. The summed E-state index contributed by atoms with van der Waals surface area (Å²) in [6.45, 7) is 9.70. The van der Waals surface area contributed by atoms with E-state index in [1.165, 1.54) is 0 Å². The van der Waals surface area contributed by atoms with E-state index in [0.717, 1.165) is 22.4 Å². The van der Waals surface area contributed by atoms with Crippen LogP contribution in [0.4, 0.5) is 0 Å². The van der Waals surface area contributed by atoms with Crippen LogP contribution >= 0.6 is 0 Å². The highest BCUT2D eigenvalue weighted by Crippen LogP contribution is 2.30. The maximum atomic E-state index is 10.8. The van der Waals surface area contributed by atoms with Gasteiger partial charge in [0, 0.05) is 12.0 Å². The summed E-state index contributed by atoms with van der Waals surface area (Å²) in [6, 6.07) is 3.98. The molecule has 0 amide bonds. The minimum absolute atomic E-state index is 0.206. The van der Waals surface area contributed by atoms with E-state index in [4.69, 9.17) is 9.84 Å². The van der Waals surface area contributed by atoms with Crippen LogP contribution in [0.1, 0.15) is 36.5 Å². The molecule has 1 aromatic carbocycles. The largest absolute Gasteiger partial charge is 0.496 e. The number of ether oxygens (including phenoxy) is 1. The highest BCUT2D eigenvalue weighted by atomic mass is 16.5. The summed E-state index contributed by atoms with van der Waals surface area (Å²) in [6.07, 6.45) is 0.366. The third-order valence-corrected chi connectivity index (χ3v) is 3.02. The van der Waals surface area contributed by atoms with Gasteiger partial charge in [0.2, 0.25) is 0 Å². The van der Waals surface area contributed by atoms with E-state index in [1.54, 1.807) is 7.11 Å². The van der Waals surface area contributed by atoms with Crippen molar-refractivity contribution in [2.45, 2.75) is 33.1 Å². The van der Waals surface area contributed by atoms with Crippen LogP contribution in [0.3, 0.4) is 0 Å². The van der Waals surface area contributed by atoms with Gasteiger partial charge in [0.05, 0.1) is 7.11 Å². The fourth-order valence-electron chi connectivity index (χ4n) is 1.87. The molecule has 0 bridgehead atoms. The van der Waals surface area contributed by atoms with Crippen LogP contribution < -0.4 is 4.74 Å². The molecule has 0 fully saturated rings. The Morgan fingerprint density at radius 3 is 2.50 bits per heavy atom. The predicted molar refractivity (Wildman–Crippen MR) is 72.3 cm³/mol. The summed E-state index contributed by atoms with van der Waals surface area (Å²) in [7, 11) is 1.65. The molecule has 0 unspecified atom stereocenters. The smallest absolute Gasteiger partial charge is 0.331 e. The van der Waals surface area contributed by atoms with Gasteiger partial charge in [-0.05, 0) is 35.6 Å². The van der Waals surface area contributed by atoms with Gasteiger partial charge in [0.1, 0.15) is 5.75 Å². The maximum absolute atomic E-state index is 10.8. The van der Waals surface area contributed by atoms with E-state index < -0.39 is 5.97 Å². The lowest BCUT2D eigenvalue weighted by atomic mass is 9.93. The molecule has 0 spiro atoms. The van der Waals surface area contributed by atoms with Crippen molar-refractivity contribution < 1.29 is 14.6 Å². The van der Waals surface area contributed by atoms with Crippen molar-refractivity contribution >= 4 is 5.97 Å². The standard InChI is InChI=1S/C15H20O3/c1-9(2)13-8-12(6-11(4)15(16)17)10(3)7-14(13)18-5/h7-9H,4,6H2,1-3,5H3,(H,16,17). The fourth-order valence-corrected chi connectivity index (χ4v) is 1.87. The van der Waals surface area contributed by atoms with Gasteiger partial charge < -0.3 is 9.84 Å². The molecule has 1 rings (SSSR count). The second-order valence-corrected chi connectivity index (χ2v) is 4.76. The van der Waals surface area contributed by atoms with Crippen LogP contribution in [0.15, 0.2) is 24.3 Å². The number of carbonyl (C=O) groups is 1. The molecule has 0 atom stereocenters. The van der Waals surface area contributed by atoms with Crippen molar-refractivity contribution in [3.05, 3.63) is 41.0 Å². The van der Waals surface area contributed by atoms with Crippen LogP contribution in [0, 0.1) is 6.92 Å². The summed E-state index contributed by atoms with van der Waals surface area (Å²) >= 11 is 0. The van der Waals surface area contributed by atoms with Crippen LogP contribution in [0.25, 0.3) is 0 Å². The van der Waals surface area contributed by atoms with Crippen LogP contribution in [-0.2, 0) is 11.2 Å². The van der Waals surface area contributed by atoms with Gasteiger partial charge in [0.25, 0.3) is 0 Å². The zero-order valence-corrected chi connectivity index (χ0v) is 11.4. The highest BCUT2D eigenvalue weighted by Gasteiger charge is 2.13. The summed E-state index contributed by atoms with van der Waals surface area (Å²) < 4.78 is 5.36. The molecule has 3 heteroatoms. The molecule has 3 nitrogen and oxygen atoms in total. The van der Waals surface area contributed by atoms with Crippen molar-refractivity contribution in [3.63, 3.8) is 0 Å². The molecule has 0 aliphatic carbocycles. The Labute approximate surface area is 108 Å². The third kappa shape index (κ3) is 3.13. The molecular formula is C15H20O3. The summed E-state index contributed by atoms with van der Waals surface area (Å²) in [5.74, 6) is 0.237. The number of aryl methyl sites for hydroxylation is 1. The quantitative estimate of drug-likeness (QED) is 0.813.